The third kappa shape index (κ3) is 3.19. The van der Waals surface area contributed by atoms with Crippen LogP contribution in [0.2, 0.25) is 0 Å². The number of hydrogen-bond donors (Lipinski definition) is 3. The number of phenolic OH excluding ortho intramolecular Hbond substituents is 3. The average molecular weight is 364 g/mol. The number of benzene rings is 3. The predicted molar refractivity (Wildman–Crippen MR) is 108 cm³/mol. The molecule has 0 aliphatic carbocycles. The van der Waals surface area contributed by atoms with Gasteiger partial charge in [-0.3, -0.25) is 0 Å². The number of ether oxygens (including phenoxy) is 1. The van der Waals surface area contributed by atoms with E-state index in [-0.39, 0.29) is 17.2 Å². The molecule has 0 fully saturated rings. The second kappa shape index (κ2) is 6.88. The molecule has 0 spiro atoms. The first-order valence-electron chi connectivity index (χ1n) is 8.75. The van der Waals surface area contributed by atoms with E-state index in [1.807, 2.05) is 39.8 Å². The van der Waals surface area contributed by atoms with Gasteiger partial charge in [-0.05, 0) is 97.5 Å². The minimum absolute atomic E-state index is 0.0544. The molecule has 3 aromatic rings. The summed E-state index contributed by atoms with van der Waals surface area (Å²) in [6, 6.07) is 10.5. The Kier molecular flexibility index (Phi) is 4.75. The molecule has 0 aliphatic heterocycles. The van der Waals surface area contributed by atoms with Gasteiger partial charge in [-0.1, -0.05) is 0 Å². The summed E-state index contributed by atoms with van der Waals surface area (Å²) in [4.78, 5) is 0. The standard InChI is InChI=1S/C23H24O4/c1-12-8-16(24)9-13(2)20(12)18-6-7-19(23(27-5)22(18)26)21-14(3)10-17(25)11-15(21)4/h6-11,24-26H,1-5H3. The van der Waals surface area contributed by atoms with E-state index in [9.17, 15) is 15.3 Å². The number of hydrogen-bond acceptors (Lipinski definition) is 4. The largest absolute Gasteiger partial charge is 0.508 e. The van der Waals surface area contributed by atoms with Crippen molar-refractivity contribution in [3.63, 3.8) is 0 Å². The molecule has 3 aromatic carbocycles. The van der Waals surface area contributed by atoms with Gasteiger partial charge in [-0.2, -0.15) is 0 Å². The topological polar surface area (TPSA) is 69.9 Å². The van der Waals surface area contributed by atoms with Gasteiger partial charge in [0.15, 0.2) is 11.5 Å². The number of methoxy groups -OCH3 is 1. The van der Waals surface area contributed by atoms with E-state index in [2.05, 4.69) is 0 Å². The highest BCUT2D eigenvalue weighted by molar-refractivity contribution is 5.87. The zero-order valence-corrected chi connectivity index (χ0v) is 16.2. The Morgan fingerprint density at radius 1 is 0.630 bits per heavy atom. The molecule has 0 radical (unpaired) electrons. The third-order valence-electron chi connectivity index (χ3n) is 4.91. The molecule has 3 rings (SSSR count). The molecular weight excluding hydrogens is 340 g/mol. The van der Waals surface area contributed by atoms with E-state index in [4.69, 9.17) is 4.74 Å². The average Bonchev–Trinajstić information content (AvgIpc) is 2.55. The summed E-state index contributed by atoms with van der Waals surface area (Å²) in [6.07, 6.45) is 0. The van der Waals surface area contributed by atoms with E-state index in [0.717, 1.165) is 38.9 Å². The normalized spacial score (nSPS) is 10.9. The van der Waals surface area contributed by atoms with Crippen molar-refractivity contribution in [1.82, 2.24) is 0 Å². The summed E-state index contributed by atoms with van der Waals surface area (Å²) >= 11 is 0. The number of aryl methyl sites for hydroxylation is 4. The minimum Gasteiger partial charge on any atom is -0.508 e. The lowest BCUT2D eigenvalue weighted by atomic mass is 9.90. The molecule has 0 atom stereocenters. The molecule has 27 heavy (non-hydrogen) atoms. The summed E-state index contributed by atoms with van der Waals surface area (Å²) in [6.45, 7) is 7.63. The lowest BCUT2D eigenvalue weighted by Gasteiger charge is -2.19. The molecule has 0 heterocycles. The Bertz CT molecular complexity index is 989. The second-order valence-corrected chi connectivity index (χ2v) is 6.95. The molecule has 3 N–H and O–H groups in total. The van der Waals surface area contributed by atoms with Gasteiger partial charge in [0.1, 0.15) is 11.5 Å². The van der Waals surface area contributed by atoms with E-state index in [1.165, 1.54) is 7.11 Å². The number of rotatable bonds is 3. The SMILES string of the molecule is COc1c(-c2c(C)cc(O)cc2C)ccc(-c2c(C)cc(O)cc2C)c1O. The summed E-state index contributed by atoms with van der Waals surface area (Å²) in [5.41, 5.74) is 6.75. The highest BCUT2D eigenvalue weighted by Crippen LogP contribution is 2.47. The zero-order valence-electron chi connectivity index (χ0n) is 16.2. The van der Waals surface area contributed by atoms with Gasteiger partial charge in [-0.15, -0.1) is 0 Å². The Labute approximate surface area is 159 Å². The van der Waals surface area contributed by atoms with Crippen molar-refractivity contribution in [2.45, 2.75) is 27.7 Å². The van der Waals surface area contributed by atoms with Crippen LogP contribution in [0, 0.1) is 27.7 Å². The molecule has 0 amide bonds. The van der Waals surface area contributed by atoms with Crippen molar-refractivity contribution in [3.05, 3.63) is 58.7 Å². The summed E-state index contributed by atoms with van der Waals surface area (Å²) < 4.78 is 5.57. The molecule has 0 aliphatic rings. The first-order chi connectivity index (χ1) is 12.7. The van der Waals surface area contributed by atoms with Gasteiger partial charge in [0.05, 0.1) is 7.11 Å². The van der Waals surface area contributed by atoms with E-state index < -0.39 is 0 Å². The Morgan fingerprint density at radius 2 is 1.00 bits per heavy atom. The van der Waals surface area contributed by atoms with Crippen LogP contribution >= 0.6 is 0 Å². The molecule has 0 bridgehead atoms. The van der Waals surface area contributed by atoms with Gasteiger partial charge in [0.2, 0.25) is 0 Å². The molecular formula is C23H24O4. The lowest BCUT2D eigenvalue weighted by Crippen LogP contribution is -1.96. The fraction of sp³-hybridized carbons (Fsp3) is 0.217. The number of aromatic hydroxyl groups is 3. The predicted octanol–water partition coefficient (Wildman–Crippen LogP) is 5.38. The molecule has 0 aromatic heterocycles. The van der Waals surface area contributed by atoms with Crippen LogP contribution in [0.5, 0.6) is 23.0 Å². The maximum atomic E-state index is 11.0. The van der Waals surface area contributed by atoms with Crippen molar-refractivity contribution in [3.8, 4) is 45.3 Å². The molecule has 0 saturated carbocycles. The smallest absolute Gasteiger partial charge is 0.168 e. The first-order valence-corrected chi connectivity index (χ1v) is 8.75. The van der Waals surface area contributed by atoms with Crippen LogP contribution < -0.4 is 4.74 Å². The highest BCUT2D eigenvalue weighted by atomic mass is 16.5. The van der Waals surface area contributed by atoms with Crippen LogP contribution in [-0.2, 0) is 0 Å². The van der Waals surface area contributed by atoms with Gasteiger partial charge in [-0.25, -0.2) is 0 Å². The quantitative estimate of drug-likeness (QED) is 0.583. The minimum atomic E-state index is 0.0544. The fourth-order valence-corrected chi connectivity index (χ4v) is 3.91. The van der Waals surface area contributed by atoms with Crippen LogP contribution in [0.25, 0.3) is 22.3 Å². The van der Waals surface area contributed by atoms with Gasteiger partial charge in [0.25, 0.3) is 0 Å². The van der Waals surface area contributed by atoms with Crippen LogP contribution in [-0.4, -0.2) is 22.4 Å². The lowest BCUT2D eigenvalue weighted by molar-refractivity contribution is 0.376. The van der Waals surface area contributed by atoms with Crippen LogP contribution in [0.15, 0.2) is 36.4 Å². The van der Waals surface area contributed by atoms with Crippen molar-refractivity contribution in [2.75, 3.05) is 7.11 Å². The van der Waals surface area contributed by atoms with Crippen LogP contribution in [0.1, 0.15) is 22.3 Å². The van der Waals surface area contributed by atoms with Gasteiger partial charge in [0, 0.05) is 11.1 Å². The van der Waals surface area contributed by atoms with E-state index in [1.54, 1.807) is 24.3 Å². The maximum Gasteiger partial charge on any atom is 0.168 e. The van der Waals surface area contributed by atoms with Crippen molar-refractivity contribution in [1.29, 1.82) is 0 Å². The van der Waals surface area contributed by atoms with E-state index in [0.29, 0.717) is 11.3 Å². The molecule has 4 heteroatoms. The zero-order chi connectivity index (χ0) is 19.9. The molecule has 0 saturated heterocycles. The highest BCUT2D eigenvalue weighted by Gasteiger charge is 2.20. The monoisotopic (exact) mass is 364 g/mol. The fourth-order valence-electron chi connectivity index (χ4n) is 3.91. The maximum absolute atomic E-state index is 11.0. The van der Waals surface area contributed by atoms with Gasteiger partial charge >= 0.3 is 0 Å². The molecule has 0 unspecified atom stereocenters. The van der Waals surface area contributed by atoms with Crippen molar-refractivity contribution in [2.24, 2.45) is 0 Å². The summed E-state index contributed by atoms with van der Waals surface area (Å²) in [5, 5.41) is 30.6. The Balaban J connectivity index is 2.28. The Hall–Kier alpha value is -3.14. The first kappa shape index (κ1) is 18.6. The Morgan fingerprint density at radius 3 is 1.41 bits per heavy atom. The molecule has 4 nitrogen and oxygen atoms in total. The summed E-state index contributed by atoms with van der Waals surface area (Å²) in [7, 11) is 1.53. The van der Waals surface area contributed by atoms with Crippen molar-refractivity contribution < 1.29 is 20.1 Å². The van der Waals surface area contributed by atoms with Crippen LogP contribution in [0.3, 0.4) is 0 Å². The number of phenols is 3. The third-order valence-corrected chi connectivity index (χ3v) is 4.91. The molecule has 140 valence electrons. The van der Waals surface area contributed by atoms with Gasteiger partial charge < -0.3 is 20.1 Å². The van der Waals surface area contributed by atoms with E-state index >= 15 is 0 Å². The van der Waals surface area contributed by atoms with Crippen LogP contribution in [0.4, 0.5) is 0 Å². The second-order valence-electron chi connectivity index (χ2n) is 6.95. The summed E-state index contributed by atoms with van der Waals surface area (Å²) in [5.74, 6) is 0.853. The van der Waals surface area contributed by atoms with Crippen molar-refractivity contribution >= 4 is 0 Å².